The Kier molecular flexibility index (Phi) is 1.34. The molecule has 54 valence electrons. The first kappa shape index (κ1) is 6.09. The molecule has 0 saturated carbocycles. The van der Waals surface area contributed by atoms with E-state index in [0.717, 1.165) is 17.7 Å². The van der Waals surface area contributed by atoms with E-state index in [1.807, 2.05) is 0 Å². The van der Waals surface area contributed by atoms with Gasteiger partial charge >= 0.3 is 0 Å². The smallest absolute Gasteiger partial charge is 0.0531 e. The number of aromatic nitrogens is 2. The van der Waals surface area contributed by atoms with Crippen molar-refractivity contribution < 1.29 is 4.21 Å². The van der Waals surface area contributed by atoms with Crippen molar-refractivity contribution in [2.45, 2.75) is 12.2 Å². The van der Waals surface area contributed by atoms with Crippen LogP contribution in [0.3, 0.4) is 0 Å². The van der Waals surface area contributed by atoms with Crippen molar-refractivity contribution in [3.63, 3.8) is 0 Å². The summed E-state index contributed by atoms with van der Waals surface area (Å²) in [6, 6.07) is 0. The van der Waals surface area contributed by atoms with Gasteiger partial charge in [0.05, 0.1) is 11.9 Å². The molecule has 2 heterocycles. The Labute approximate surface area is 61.3 Å². The van der Waals surface area contributed by atoms with Crippen molar-refractivity contribution in [3.8, 4) is 0 Å². The largest absolute Gasteiger partial charge is 0.282 e. The summed E-state index contributed by atoms with van der Waals surface area (Å²) in [4.78, 5) is 0. The van der Waals surface area contributed by atoms with Crippen molar-refractivity contribution >= 4 is 10.8 Å². The number of nitrogens with zero attached hydrogens (tertiary/aromatic N) is 1. The predicted molar refractivity (Wildman–Crippen MR) is 39.0 cm³/mol. The standard InChI is InChI=1S/C6H8N2OS/c9-10-2-1-6-5(4-10)3-7-8-6/h3H,1-2,4H2,(H,7,8)/t10-/m1/s1. The monoisotopic (exact) mass is 156 g/mol. The lowest BCUT2D eigenvalue weighted by atomic mass is 10.2. The van der Waals surface area contributed by atoms with Crippen LogP contribution in [0.5, 0.6) is 0 Å². The Morgan fingerprint density at radius 2 is 2.60 bits per heavy atom. The Balaban J connectivity index is 2.39. The minimum Gasteiger partial charge on any atom is -0.282 e. The molecule has 0 spiro atoms. The second-order valence-electron chi connectivity index (χ2n) is 2.41. The summed E-state index contributed by atoms with van der Waals surface area (Å²) in [5, 5.41) is 6.77. The quantitative estimate of drug-likeness (QED) is 0.584. The van der Waals surface area contributed by atoms with Crippen LogP contribution in [0.2, 0.25) is 0 Å². The zero-order chi connectivity index (χ0) is 6.97. The zero-order valence-electron chi connectivity index (χ0n) is 5.46. The highest BCUT2D eigenvalue weighted by atomic mass is 32.2. The van der Waals surface area contributed by atoms with Crippen LogP contribution in [-0.2, 0) is 23.0 Å². The molecule has 0 aromatic carbocycles. The number of hydrogen-bond donors (Lipinski definition) is 1. The Hall–Kier alpha value is -0.640. The predicted octanol–water partition coefficient (Wildman–Crippen LogP) is 0.215. The summed E-state index contributed by atoms with van der Waals surface area (Å²) in [5.41, 5.74) is 2.30. The van der Waals surface area contributed by atoms with Gasteiger partial charge in [-0.2, -0.15) is 5.10 Å². The van der Waals surface area contributed by atoms with Crippen LogP contribution in [0, 0.1) is 0 Å². The van der Waals surface area contributed by atoms with Gasteiger partial charge < -0.3 is 0 Å². The number of H-pyrrole nitrogens is 1. The molecule has 0 bridgehead atoms. The highest BCUT2D eigenvalue weighted by Gasteiger charge is 2.14. The summed E-state index contributed by atoms with van der Waals surface area (Å²) >= 11 is 0. The van der Waals surface area contributed by atoms with Crippen molar-refractivity contribution in [2.75, 3.05) is 5.75 Å². The lowest BCUT2D eigenvalue weighted by Gasteiger charge is -2.08. The van der Waals surface area contributed by atoms with Crippen molar-refractivity contribution in [1.82, 2.24) is 10.2 Å². The third-order valence-corrected chi connectivity index (χ3v) is 3.00. The number of nitrogens with one attached hydrogen (secondary N) is 1. The molecule has 1 N–H and O–H groups in total. The van der Waals surface area contributed by atoms with E-state index in [-0.39, 0.29) is 0 Å². The molecular formula is C6H8N2OS. The van der Waals surface area contributed by atoms with Gasteiger partial charge in [-0.3, -0.25) is 9.31 Å². The van der Waals surface area contributed by atoms with Gasteiger partial charge in [-0.05, 0) is 0 Å². The Morgan fingerprint density at radius 1 is 1.70 bits per heavy atom. The average Bonchev–Trinajstić information content (AvgIpc) is 2.33. The van der Waals surface area contributed by atoms with Crippen LogP contribution >= 0.6 is 0 Å². The summed E-state index contributed by atoms with van der Waals surface area (Å²) in [7, 11) is -0.640. The minimum atomic E-state index is -0.640. The molecule has 0 unspecified atom stereocenters. The van der Waals surface area contributed by atoms with E-state index < -0.39 is 10.8 Å². The second kappa shape index (κ2) is 2.20. The summed E-state index contributed by atoms with van der Waals surface area (Å²) < 4.78 is 11.0. The van der Waals surface area contributed by atoms with Crippen molar-refractivity contribution in [3.05, 3.63) is 17.5 Å². The number of aryl methyl sites for hydroxylation is 1. The van der Waals surface area contributed by atoms with Gasteiger partial charge in [0.2, 0.25) is 0 Å². The van der Waals surface area contributed by atoms with Gasteiger partial charge in [0.25, 0.3) is 0 Å². The molecule has 4 heteroatoms. The van der Waals surface area contributed by atoms with Gasteiger partial charge in [0, 0.05) is 34.2 Å². The molecule has 0 fully saturated rings. The van der Waals surface area contributed by atoms with Gasteiger partial charge in [-0.1, -0.05) is 0 Å². The molecule has 0 saturated heterocycles. The molecule has 10 heavy (non-hydrogen) atoms. The number of rotatable bonds is 0. The fraction of sp³-hybridized carbons (Fsp3) is 0.500. The SMILES string of the molecule is O=[S@@]1CCc2[nH]ncc2C1. The first-order valence-electron chi connectivity index (χ1n) is 3.22. The lowest BCUT2D eigenvalue weighted by molar-refractivity contribution is 0.679. The molecule has 0 amide bonds. The number of aromatic amines is 1. The van der Waals surface area contributed by atoms with Gasteiger partial charge in [0.1, 0.15) is 0 Å². The Bertz CT molecular complexity index is 268. The van der Waals surface area contributed by atoms with Crippen molar-refractivity contribution in [1.29, 1.82) is 0 Å². The zero-order valence-corrected chi connectivity index (χ0v) is 6.28. The molecular weight excluding hydrogens is 148 g/mol. The van der Waals surface area contributed by atoms with Crippen LogP contribution in [0.25, 0.3) is 0 Å². The third-order valence-electron chi connectivity index (χ3n) is 1.70. The maximum Gasteiger partial charge on any atom is 0.0531 e. The first-order valence-corrected chi connectivity index (χ1v) is 4.71. The van der Waals surface area contributed by atoms with E-state index in [9.17, 15) is 4.21 Å². The van der Waals surface area contributed by atoms with E-state index in [1.165, 1.54) is 5.69 Å². The number of fused-ring (bicyclic) bond motifs is 1. The molecule has 0 aliphatic carbocycles. The number of hydrogen-bond acceptors (Lipinski definition) is 2. The van der Waals surface area contributed by atoms with Crippen molar-refractivity contribution in [2.24, 2.45) is 0 Å². The van der Waals surface area contributed by atoms with Gasteiger partial charge in [0.15, 0.2) is 0 Å². The van der Waals surface area contributed by atoms with Crippen LogP contribution in [0.1, 0.15) is 11.3 Å². The molecule has 1 aromatic heterocycles. The van der Waals surface area contributed by atoms with E-state index in [2.05, 4.69) is 10.2 Å². The fourth-order valence-corrected chi connectivity index (χ4v) is 2.31. The van der Waals surface area contributed by atoms with E-state index >= 15 is 0 Å². The van der Waals surface area contributed by atoms with Crippen LogP contribution in [0.4, 0.5) is 0 Å². The molecule has 2 rings (SSSR count). The lowest BCUT2D eigenvalue weighted by Crippen LogP contribution is -2.11. The Morgan fingerprint density at radius 3 is 3.50 bits per heavy atom. The average molecular weight is 156 g/mol. The van der Waals surface area contributed by atoms with Crippen LogP contribution in [0.15, 0.2) is 6.20 Å². The van der Waals surface area contributed by atoms with E-state index in [0.29, 0.717) is 5.75 Å². The molecule has 1 aromatic rings. The first-order chi connectivity index (χ1) is 4.86. The summed E-state index contributed by atoms with van der Waals surface area (Å²) in [5.74, 6) is 1.47. The highest BCUT2D eigenvalue weighted by molar-refractivity contribution is 7.84. The second-order valence-corrected chi connectivity index (χ2v) is 3.99. The highest BCUT2D eigenvalue weighted by Crippen LogP contribution is 2.14. The summed E-state index contributed by atoms with van der Waals surface area (Å²) in [6.45, 7) is 0. The molecule has 1 atom stereocenters. The summed E-state index contributed by atoms with van der Waals surface area (Å²) in [6.07, 6.45) is 2.66. The van der Waals surface area contributed by atoms with E-state index in [4.69, 9.17) is 0 Å². The normalized spacial score (nSPS) is 24.2. The fourth-order valence-electron chi connectivity index (χ4n) is 1.14. The van der Waals surface area contributed by atoms with Crippen LogP contribution in [-0.4, -0.2) is 20.2 Å². The van der Waals surface area contributed by atoms with Gasteiger partial charge in [-0.25, -0.2) is 0 Å². The minimum absolute atomic E-state index is 0.640. The topological polar surface area (TPSA) is 45.8 Å². The maximum atomic E-state index is 11.0. The molecule has 1 aliphatic rings. The van der Waals surface area contributed by atoms with Gasteiger partial charge in [-0.15, -0.1) is 0 Å². The molecule has 3 nitrogen and oxygen atoms in total. The maximum absolute atomic E-state index is 11.0. The van der Waals surface area contributed by atoms with E-state index in [1.54, 1.807) is 6.20 Å². The third kappa shape index (κ3) is 0.883. The van der Waals surface area contributed by atoms with Crippen LogP contribution < -0.4 is 0 Å². The molecule has 1 aliphatic heterocycles. The molecule has 0 radical (unpaired) electrons.